The molecular weight excluding hydrogens is 296 g/mol. The standard InChI is InChI=1S/C17H22N2O4/c1-3-4-10-14(17(22)23)19-16(21)15(18-12(2)20)11-13-8-6-5-7-9-13/h3,5-9,14-15H,1,4,10-11H2,2H3,(H,18,20)(H,19,21)(H,22,23)/t14-,15-/m1/s1. The van der Waals surface area contributed by atoms with Crippen LogP contribution in [0.4, 0.5) is 0 Å². The molecule has 2 amide bonds. The van der Waals surface area contributed by atoms with E-state index in [2.05, 4.69) is 17.2 Å². The van der Waals surface area contributed by atoms with E-state index in [9.17, 15) is 14.4 Å². The minimum Gasteiger partial charge on any atom is -0.480 e. The van der Waals surface area contributed by atoms with Crippen molar-refractivity contribution in [3.8, 4) is 0 Å². The van der Waals surface area contributed by atoms with Crippen LogP contribution in [-0.4, -0.2) is 35.0 Å². The Bertz CT molecular complexity index is 557. The lowest BCUT2D eigenvalue weighted by Gasteiger charge is -2.21. The maximum atomic E-state index is 12.3. The number of hydrogen-bond donors (Lipinski definition) is 3. The highest BCUT2D eigenvalue weighted by molar-refractivity contribution is 5.90. The first kappa shape index (κ1) is 18.4. The highest BCUT2D eigenvalue weighted by atomic mass is 16.4. The van der Waals surface area contributed by atoms with Crippen molar-refractivity contribution < 1.29 is 19.5 Å². The van der Waals surface area contributed by atoms with Gasteiger partial charge < -0.3 is 15.7 Å². The van der Waals surface area contributed by atoms with Crippen LogP contribution >= 0.6 is 0 Å². The summed E-state index contributed by atoms with van der Waals surface area (Å²) in [5, 5.41) is 14.2. The SMILES string of the molecule is C=CCC[C@@H](NC(=O)[C@@H](Cc1ccccc1)NC(C)=O)C(=O)O. The molecule has 2 atom stereocenters. The smallest absolute Gasteiger partial charge is 0.326 e. The lowest BCUT2D eigenvalue weighted by atomic mass is 10.0. The van der Waals surface area contributed by atoms with Gasteiger partial charge in [-0.15, -0.1) is 6.58 Å². The molecule has 0 heterocycles. The molecule has 0 saturated heterocycles. The van der Waals surface area contributed by atoms with Gasteiger partial charge in [0.25, 0.3) is 0 Å². The molecule has 0 aromatic heterocycles. The first-order valence-corrected chi connectivity index (χ1v) is 7.39. The fourth-order valence-corrected chi connectivity index (χ4v) is 2.12. The molecule has 23 heavy (non-hydrogen) atoms. The predicted octanol–water partition coefficient (Wildman–Crippen LogP) is 1.27. The van der Waals surface area contributed by atoms with E-state index in [1.807, 2.05) is 30.3 Å². The molecule has 0 bridgehead atoms. The second kappa shape index (κ2) is 9.40. The molecule has 124 valence electrons. The first-order valence-electron chi connectivity index (χ1n) is 7.39. The summed E-state index contributed by atoms with van der Waals surface area (Å²) >= 11 is 0. The monoisotopic (exact) mass is 318 g/mol. The van der Waals surface area contributed by atoms with Crippen molar-refractivity contribution in [1.29, 1.82) is 0 Å². The molecule has 0 saturated carbocycles. The van der Waals surface area contributed by atoms with Crippen molar-refractivity contribution in [1.82, 2.24) is 10.6 Å². The molecule has 3 N–H and O–H groups in total. The molecule has 0 radical (unpaired) electrons. The van der Waals surface area contributed by atoms with Crippen molar-refractivity contribution in [2.24, 2.45) is 0 Å². The summed E-state index contributed by atoms with van der Waals surface area (Å²) in [6, 6.07) is 7.38. The predicted molar refractivity (Wildman–Crippen MR) is 86.7 cm³/mol. The number of amides is 2. The molecule has 0 aliphatic rings. The number of aliphatic carboxylic acids is 1. The van der Waals surface area contributed by atoms with Crippen molar-refractivity contribution in [3.05, 3.63) is 48.6 Å². The number of carboxylic acid groups (broad SMARTS) is 1. The molecule has 1 rings (SSSR count). The third-order valence-corrected chi connectivity index (χ3v) is 3.25. The summed E-state index contributed by atoms with van der Waals surface area (Å²) in [4.78, 5) is 34.9. The van der Waals surface area contributed by atoms with Gasteiger partial charge >= 0.3 is 5.97 Å². The van der Waals surface area contributed by atoms with Crippen molar-refractivity contribution in [3.63, 3.8) is 0 Å². The van der Waals surface area contributed by atoms with E-state index in [0.717, 1.165) is 5.56 Å². The third-order valence-electron chi connectivity index (χ3n) is 3.25. The summed E-state index contributed by atoms with van der Waals surface area (Å²) in [6.45, 7) is 4.86. The van der Waals surface area contributed by atoms with E-state index in [1.165, 1.54) is 6.92 Å². The zero-order chi connectivity index (χ0) is 17.2. The van der Waals surface area contributed by atoms with Gasteiger partial charge in [0.2, 0.25) is 11.8 Å². The molecule has 0 aliphatic carbocycles. The summed E-state index contributed by atoms with van der Waals surface area (Å²) in [5.41, 5.74) is 0.874. The van der Waals surface area contributed by atoms with E-state index in [-0.39, 0.29) is 12.3 Å². The van der Waals surface area contributed by atoms with Gasteiger partial charge in [-0.25, -0.2) is 4.79 Å². The van der Waals surface area contributed by atoms with Crippen LogP contribution in [0.15, 0.2) is 43.0 Å². The summed E-state index contributed by atoms with van der Waals surface area (Å²) in [6.07, 6.45) is 2.61. The zero-order valence-electron chi connectivity index (χ0n) is 13.1. The summed E-state index contributed by atoms with van der Waals surface area (Å²) in [5.74, 6) is -1.97. The topological polar surface area (TPSA) is 95.5 Å². The minimum atomic E-state index is -1.11. The van der Waals surface area contributed by atoms with Crippen LogP contribution in [0.25, 0.3) is 0 Å². The van der Waals surface area contributed by atoms with E-state index < -0.39 is 24.0 Å². The molecular formula is C17H22N2O4. The van der Waals surface area contributed by atoms with Gasteiger partial charge in [-0.1, -0.05) is 36.4 Å². The average molecular weight is 318 g/mol. The first-order chi connectivity index (χ1) is 10.9. The number of carboxylic acids is 1. The third kappa shape index (κ3) is 6.78. The molecule has 6 nitrogen and oxygen atoms in total. The molecule has 0 unspecified atom stereocenters. The van der Waals surface area contributed by atoms with Gasteiger partial charge in [-0.3, -0.25) is 9.59 Å². The van der Waals surface area contributed by atoms with E-state index in [0.29, 0.717) is 12.8 Å². The van der Waals surface area contributed by atoms with Crippen LogP contribution in [0.2, 0.25) is 0 Å². The molecule has 6 heteroatoms. The number of hydrogen-bond acceptors (Lipinski definition) is 3. The van der Waals surface area contributed by atoms with Crippen molar-refractivity contribution in [2.75, 3.05) is 0 Å². The number of benzene rings is 1. The number of carbonyl (C=O) groups is 3. The van der Waals surface area contributed by atoms with E-state index in [4.69, 9.17) is 5.11 Å². The maximum Gasteiger partial charge on any atom is 0.326 e. The minimum absolute atomic E-state index is 0.253. The molecule has 0 fully saturated rings. The van der Waals surface area contributed by atoms with Crippen LogP contribution in [0.3, 0.4) is 0 Å². The zero-order valence-corrected chi connectivity index (χ0v) is 13.1. The highest BCUT2D eigenvalue weighted by Crippen LogP contribution is 2.05. The Balaban J connectivity index is 2.79. The molecule has 0 aliphatic heterocycles. The molecule has 0 spiro atoms. The van der Waals surface area contributed by atoms with Crippen molar-refractivity contribution >= 4 is 17.8 Å². The number of carbonyl (C=O) groups excluding carboxylic acids is 2. The lowest BCUT2D eigenvalue weighted by Crippen LogP contribution is -2.52. The second-order valence-electron chi connectivity index (χ2n) is 5.21. The van der Waals surface area contributed by atoms with Crippen LogP contribution in [0.1, 0.15) is 25.3 Å². The van der Waals surface area contributed by atoms with Gasteiger partial charge in [0.15, 0.2) is 0 Å². The van der Waals surface area contributed by atoms with E-state index in [1.54, 1.807) is 6.08 Å². The Morgan fingerprint density at radius 1 is 1.17 bits per heavy atom. The fourth-order valence-electron chi connectivity index (χ4n) is 2.12. The Hall–Kier alpha value is -2.63. The Morgan fingerprint density at radius 3 is 2.35 bits per heavy atom. The van der Waals surface area contributed by atoms with Crippen LogP contribution in [0.5, 0.6) is 0 Å². The van der Waals surface area contributed by atoms with Crippen LogP contribution in [0, 0.1) is 0 Å². The second-order valence-corrected chi connectivity index (χ2v) is 5.21. The van der Waals surface area contributed by atoms with Gasteiger partial charge in [-0.05, 0) is 18.4 Å². The normalized spacial score (nSPS) is 12.7. The maximum absolute atomic E-state index is 12.3. The number of nitrogens with one attached hydrogen (secondary N) is 2. The Morgan fingerprint density at radius 2 is 1.83 bits per heavy atom. The fraction of sp³-hybridized carbons (Fsp3) is 0.353. The Kier molecular flexibility index (Phi) is 7.53. The number of allylic oxidation sites excluding steroid dienone is 1. The molecule has 1 aromatic rings. The van der Waals surface area contributed by atoms with Crippen LogP contribution < -0.4 is 10.6 Å². The average Bonchev–Trinajstić information content (AvgIpc) is 2.50. The largest absolute Gasteiger partial charge is 0.480 e. The highest BCUT2D eigenvalue weighted by Gasteiger charge is 2.25. The summed E-state index contributed by atoms with van der Waals surface area (Å²) in [7, 11) is 0. The molecule has 1 aromatic carbocycles. The summed E-state index contributed by atoms with van der Waals surface area (Å²) < 4.78 is 0. The van der Waals surface area contributed by atoms with E-state index >= 15 is 0 Å². The number of rotatable bonds is 9. The van der Waals surface area contributed by atoms with Gasteiger partial charge in [0.05, 0.1) is 0 Å². The van der Waals surface area contributed by atoms with Crippen molar-refractivity contribution in [2.45, 2.75) is 38.3 Å². The van der Waals surface area contributed by atoms with Gasteiger partial charge in [-0.2, -0.15) is 0 Å². The van der Waals surface area contributed by atoms with Crippen LogP contribution in [-0.2, 0) is 20.8 Å². The quantitative estimate of drug-likeness (QED) is 0.598. The van der Waals surface area contributed by atoms with Gasteiger partial charge in [0, 0.05) is 13.3 Å². The lowest BCUT2D eigenvalue weighted by molar-refractivity contribution is -0.142. The Labute approximate surface area is 135 Å². The van der Waals surface area contributed by atoms with Gasteiger partial charge in [0.1, 0.15) is 12.1 Å².